The van der Waals surface area contributed by atoms with Crippen LogP contribution >= 0.6 is 0 Å². The minimum absolute atomic E-state index is 0.0349. The Morgan fingerprint density at radius 3 is 2.62 bits per heavy atom. The normalized spacial score (nSPS) is 16.1. The molecule has 1 atom stereocenters. The van der Waals surface area contributed by atoms with Gasteiger partial charge in [-0.25, -0.2) is 4.39 Å². The van der Waals surface area contributed by atoms with Crippen molar-refractivity contribution >= 4 is 16.9 Å². The van der Waals surface area contributed by atoms with Crippen LogP contribution in [-0.4, -0.2) is 30.1 Å². The third-order valence-corrected chi connectivity index (χ3v) is 5.04. The van der Waals surface area contributed by atoms with E-state index in [0.29, 0.717) is 19.6 Å². The molecule has 1 aliphatic heterocycles. The summed E-state index contributed by atoms with van der Waals surface area (Å²) in [7, 11) is 0. The summed E-state index contributed by atoms with van der Waals surface area (Å²) in [6.07, 6.45) is 0.735. The van der Waals surface area contributed by atoms with Gasteiger partial charge in [0.2, 0.25) is 5.76 Å². The van der Waals surface area contributed by atoms with Crippen LogP contribution in [0.4, 0.5) is 4.39 Å². The number of ether oxygens (including phenoxy) is 1. The molecule has 0 saturated carbocycles. The molecule has 6 heteroatoms. The largest absolute Gasteiger partial charge is 0.450 e. The molecule has 1 aliphatic rings. The molecule has 5 nitrogen and oxygen atoms in total. The Kier molecular flexibility index (Phi) is 5.20. The Balaban J connectivity index is 1.80. The summed E-state index contributed by atoms with van der Waals surface area (Å²) in [6, 6.07) is 12.5. The maximum atomic E-state index is 13.7. The molecule has 29 heavy (non-hydrogen) atoms. The van der Waals surface area contributed by atoms with Crippen LogP contribution < -0.4 is 5.43 Å². The molecule has 1 amide bonds. The quantitative estimate of drug-likeness (QED) is 0.584. The molecule has 0 bridgehead atoms. The molecule has 2 aromatic carbocycles. The highest BCUT2D eigenvalue weighted by atomic mass is 19.1. The number of rotatable bonds is 6. The van der Waals surface area contributed by atoms with Gasteiger partial charge in [-0.2, -0.15) is 0 Å². The third-order valence-electron chi connectivity index (χ3n) is 5.04. The summed E-state index contributed by atoms with van der Waals surface area (Å²) in [5.74, 6) is -0.817. The van der Waals surface area contributed by atoms with Crippen molar-refractivity contribution in [3.8, 4) is 0 Å². The van der Waals surface area contributed by atoms with Gasteiger partial charge in [-0.15, -0.1) is 0 Å². The number of carbonyl (C=O) groups excluding carboxylic acids is 1. The maximum absolute atomic E-state index is 13.7. The van der Waals surface area contributed by atoms with E-state index in [4.69, 9.17) is 9.15 Å². The number of nitrogens with zero attached hydrogens (tertiary/aromatic N) is 1. The topological polar surface area (TPSA) is 59.8 Å². The fourth-order valence-corrected chi connectivity index (χ4v) is 3.76. The number of amides is 1. The first-order chi connectivity index (χ1) is 14.0. The Bertz CT molecular complexity index is 1110. The fourth-order valence-electron chi connectivity index (χ4n) is 3.76. The lowest BCUT2D eigenvalue weighted by Crippen LogP contribution is -2.31. The summed E-state index contributed by atoms with van der Waals surface area (Å²) in [4.78, 5) is 28.0. The van der Waals surface area contributed by atoms with E-state index in [1.165, 1.54) is 12.1 Å². The lowest BCUT2D eigenvalue weighted by molar-refractivity contribution is 0.0593. The number of hydrogen-bond acceptors (Lipinski definition) is 4. The zero-order valence-electron chi connectivity index (χ0n) is 16.4. The van der Waals surface area contributed by atoms with Gasteiger partial charge in [-0.1, -0.05) is 30.3 Å². The number of benzene rings is 2. The van der Waals surface area contributed by atoms with Crippen molar-refractivity contribution in [2.24, 2.45) is 0 Å². The van der Waals surface area contributed by atoms with E-state index in [0.717, 1.165) is 11.6 Å². The minimum atomic E-state index is -0.568. The van der Waals surface area contributed by atoms with Gasteiger partial charge in [0.05, 0.1) is 23.1 Å². The van der Waals surface area contributed by atoms with Crippen molar-refractivity contribution < 1.29 is 18.3 Å². The first-order valence-electron chi connectivity index (χ1n) is 9.71. The second-order valence-electron chi connectivity index (χ2n) is 7.40. The van der Waals surface area contributed by atoms with Gasteiger partial charge >= 0.3 is 0 Å². The predicted octanol–water partition coefficient (Wildman–Crippen LogP) is 4.29. The molecule has 0 unspecified atom stereocenters. The molecule has 0 fully saturated rings. The van der Waals surface area contributed by atoms with Crippen LogP contribution in [0.1, 0.15) is 48.0 Å². The van der Waals surface area contributed by atoms with Crippen molar-refractivity contribution in [2.45, 2.75) is 32.4 Å². The smallest absolute Gasteiger partial charge is 0.290 e. The number of hydrogen-bond donors (Lipinski definition) is 0. The molecule has 0 N–H and O–H groups in total. The van der Waals surface area contributed by atoms with E-state index in [9.17, 15) is 14.0 Å². The average Bonchev–Trinajstić information content (AvgIpc) is 2.99. The van der Waals surface area contributed by atoms with Crippen molar-refractivity contribution in [3.63, 3.8) is 0 Å². The first kappa shape index (κ1) is 19.3. The monoisotopic (exact) mass is 395 g/mol. The molecule has 2 heterocycles. The van der Waals surface area contributed by atoms with Crippen LogP contribution in [0.2, 0.25) is 0 Å². The van der Waals surface area contributed by atoms with E-state index >= 15 is 0 Å². The van der Waals surface area contributed by atoms with Crippen molar-refractivity contribution in [2.75, 3.05) is 13.2 Å². The Labute approximate surface area is 167 Å². The van der Waals surface area contributed by atoms with Crippen LogP contribution in [0, 0.1) is 5.82 Å². The summed E-state index contributed by atoms with van der Waals surface area (Å²) < 4.78 is 25.1. The Morgan fingerprint density at radius 1 is 1.14 bits per heavy atom. The molecule has 150 valence electrons. The molecule has 0 saturated heterocycles. The van der Waals surface area contributed by atoms with Crippen LogP contribution in [0.25, 0.3) is 11.0 Å². The van der Waals surface area contributed by atoms with Crippen molar-refractivity contribution in [1.82, 2.24) is 4.90 Å². The highest BCUT2D eigenvalue weighted by Crippen LogP contribution is 2.38. The van der Waals surface area contributed by atoms with Gasteiger partial charge in [-0.05, 0) is 44.0 Å². The molecule has 3 aromatic rings. The van der Waals surface area contributed by atoms with E-state index in [1.807, 2.05) is 44.2 Å². The highest BCUT2D eigenvalue weighted by molar-refractivity contribution is 5.99. The van der Waals surface area contributed by atoms with E-state index in [2.05, 4.69) is 0 Å². The van der Waals surface area contributed by atoms with Crippen molar-refractivity contribution in [3.05, 3.63) is 81.5 Å². The average molecular weight is 395 g/mol. The van der Waals surface area contributed by atoms with E-state index in [-0.39, 0.29) is 39.7 Å². The molecule has 0 radical (unpaired) electrons. The summed E-state index contributed by atoms with van der Waals surface area (Å²) in [5, 5.41) is 0.141. The first-order valence-corrected chi connectivity index (χ1v) is 9.71. The second kappa shape index (κ2) is 7.79. The lowest BCUT2D eigenvalue weighted by atomic mass is 9.98. The lowest BCUT2D eigenvalue weighted by Gasteiger charge is -2.25. The Morgan fingerprint density at radius 2 is 1.90 bits per heavy atom. The molecule has 4 rings (SSSR count). The van der Waals surface area contributed by atoms with Gasteiger partial charge in [0.15, 0.2) is 5.43 Å². The van der Waals surface area contributed by atoms with Crippen LogP contribution in [-0.2, 0) is 4.74 Å². The molecule has 1 aromatic heterocycles. The molecular weight excluding hydrogens is 373 g/mol. The number of halogens is 1. The van der Waals surface area contributed by atoms with Gasteiger partial charge < -0.3 is 14.1 Å². The molecule has 0 aliphatic carbocycles. The summed E-state index contributed by atoms with van der Waals surface area (Å²) in [5.41, 5.74) is 0.917. The van der Waals surface area contributed by atoms with Crippen molar-refractivity contribution in [1.29, 1.82) is 0 Å². The summed E-state index contributed by atoms with van der Waals surface area (Å²) in [6.45, 7) is 4.83. The zero-order chi connectivity index (χ0) is 20.5. The standard InChI is InChI=1S/C23H22FNO4/c1-14(2)28-12-6-11-25-20(15-7-4-3-5-8-15)19-21(26)17-13-16(24)9-10-18(17)29-22(19)23(25)27/h3-5,7-10,13-14,20H,6,11-12H2,1-2H3/t20-/m1/s1. The summed E-state index contributed by atoms with van der Waals surface area (Å²) >= 11 is 0. The number of fused-ring (bicyclic) bond motifs is 2. The SMILES string of the molecule is CC(C)OCCCN1C(=O)c2oc3ccc(F)cc3c(=O)c2[C@H]1c1ccccc1. The number of carbonyl (C=O) groups is 1. The maximum Gasteiger partial charge on any atom is 0.290 e. The minimum Gasteiger partial charge on any atom is -0.450 e. The van der Waals surface area contributed by atoms with Gasteiger partial charge in [-0.3, -0.25) is 9.59 Å². The fraction of sp³-hybridized carbons (Fsp3) is 0.304. The predicted molar refractivity (Wildman–Crippen MR) is 107 cm³/mol. The van der Waals surface area contributed by atoms with Crippen LogP contribution in [0.3, 0.4) is 0 Å². The van der Waals surface area contributed by atoms with Gasteiger partial charge in [0.1, 0.15) is 11.4 Å². The molecular formula is C23H22FNO4. The van der Waals surface area contributed by atoms with E-state index in [1.54, 1.807) is 4.90 Å². The molecule has 0 spiro atoms. The van der Waals surface area contributed by atoms with E-state index < -0.39 is 11.9 Å². The second-order valence-corrected chi connectivity index (χ2v) is 7.40. The van der Waals surface area contributed by atoms with Crippen LogP contribution in [0.5, 0.6) is 0 Å². The third kappa shape index (κ3) is 3.56. The Hall–Kier alpha value is -2.99. The highest BCUT2D eigenvalue weighted by Gasteiger charge is 2.42. The zero-order valence-corrected chi connectivity index (χ0v) is 16.4. The van der Waals surface area contributed by atoms with Gasteiger partial charge in [0.25, 0.3) is 5.91 Å². The van der Waals surface area contributed by atoms with Crippen LogP contribution in [0.15, 0.2) is 57.7 Å². The van der Waals surface area contributed by atoms with Gasteiger partial charge in [0, 0.05) is 13.2 Å².